The van der Waals surface area contributed by atoms with Crippen molar-refractivity contribution in [2.24, 2.45) is 0 Å². The summed E-state index contributed by atoms with van der Waals surface area (Å²) in [6, 6.07) is 3.88. The highest BCUT2D eigenvalue weighted by Crippen LogP contribution is 2.24. The normalized spacial score (nSPS) is 10.8. The number of nitrogens with one attached hydrogen (secondary N) is 1. The van der Waals surface area contributed by atoms with Gasteiger partial charge in [0.15, 0.2) is 5.69 Å². The van der Waals surface area contributed by atoms with Gasteiger partial charge in [0.05, 0.1) is 10.6 Å². The third-order valence-corrected chi connectivity index (χ3v) is 2.96. The highest BCUT2D eigenvalue weighted by molar-refractivity contribution is 7.13. The fraction of sp³-hybridized carbons (Fsp3) is 0.111. The van der Waals surface area contributed by atoms with Gasteiger partial charge in [-0.2, -0.15) is 20.4 Å². The van der Waals surface area contributed by atoms with Crippen LogP contribution in [-0.2, 0) is 0 Å². The number of hydrogen-bond acceptors (Lipinski definition) is 6. The summed E-state index contributed by atoms with van der Waals surface area (Å²) in [6.07, 6.45) is 0. The molecule has 16 heavy (non-hydrogen) atoms. The van der Waals surface area contributed by atoms with Crippen molar-refractivity contribution in [1.29, 1.82) is 0 Å². The monoisotopic (exact) mass is 233 g/mol. The molecular formula is C9H7N5OS. The maximum Gasteiger partial charge on any atom is 0.280 e. The summed E-state index contributed by atoms with van der Waals surface area (Å²) >= 11 is 1.56. The lowest BCUT2D eigenvalue weighted by Gasteiger charge is -1.85. The van der Waals surface area contributed by atoms with E-state index in [0.717, 1.165) is 10.6 Å². The lowest BCUT2D eigenvalue weighted by Crippen LogP contribution is -1.81. The Hall–Kier alpha value is -2.02. The van der Waals surface area contributed by atoms with Crippen molar-refractivity contribution in [3.05, 3.63) is 23.2 Å². The van der Waals surface area contributed by atoms with E-state index >= 15 is 0 Å². The molecule has 3 aromatic rings. The summed E-state index contributed by atoms with van der Waals surface area (Å²) in [5.41, 5.74) is 1.33. The molecule has 3 aromatic heterocycles. The summed E-state index contributed by atoms with van der Waals surface area (Å²) in [5, 5.41) is 16.2. The maximum absolute atomic E-state index is 5.14. The Morgan fingerprint density at radius 1 is 1.38 bits per heavy atom. The standard InChI is InChI=1S/C9H7N5OS/c1-5-7(12-14-11-5)9-10-8(13-15-9)6-3-2-4-16-6/h2-4H,1H3,(H,11,12,14). The minimum Gasteiger partial charge on any atom is -0.332 e. The Morgan fingerprint density at radius 3 is 3.00 bits per heavy atom. The molecule has 0 aliphatic rings. The van der Waals surface area contributed by atoms with Gasteiger partial charge >= 0.3 is 0 Å². The van der Waals surface area contributed by atoms with Crippen molar-refractivity contribution in [2.45, 2.75) is 6.92 Å². The predicted molar refractivity (Wildman–Crippen MR) is 57.7 cm³/mol. The zero-order valence-corrected chi connectivity index (χ0v) is 9.15. The molecule has 0 amide bonds. The Bertz CT molecular complexity index is 597. The lowest BCUT2D eigenvalue weighted by molar-refractivity contribution is 0.431. The number of thiophene rings is 1. The van der Waals surface area contributed by atoms with Gasteiger partial charge < -0.3 is 4.52 Å². The second-order valence-electron chi connectivity index (χ2n) is 3.16. The maximum atomic E-state index is 5.14. The molecule has 7 heteroatoms. The van der Waals surface area contributed by atoms with Crippen molar-refractivity contribution in [1.82, 2.24) is 25.6 Å². The van der Waals surface area contributed by atoms with Crippen LogP contribution >= 0.6 is 11.3 Å². The van der Waals surface area contributed by atoms with Crippen LogP contribution in [0.25, 0.3) is 22.3 Å². The van der Waals surface area contributed by atoms with Gasteiger partial charge in [0.2, 0.25) is 5.82 Å². The van der Waals surface area contributed by atoms with E-state index in [-0.39, 0.29) is 0 Å². The first-order valence-corrected chi connectivity index (χ1v) is 5.48. The SMILES string of the molecule is Cc1n[nH]nc1-c1nc(-c2cccs2)no1. The smallest absolute Gasteiger partial charge is 0.280 e. The van der Waals surface area contributed by atoms with Gasteiger partial charge in [0, 0.05) is 0 Å². The number of aryl methyl sites for hydroxylation is 1. The summed E-state index contributed by atoms with van der Waals surface area (Å²) in [5.74, 6) is 0.960. The Kier molecular flexibility index (Phi) is 2.03. The quantitative estimate of drug-likeness (QED) is 0.731. The first-order valence-electron chi connectivity index (χ1n) is 4.60. The number of aromatic amines is 1. The minimum atomic E-state index is 0.384. The lowest BCUT2D eigenvalue weighted by atomic mass is 10.3. The zero-order valence-electron chi connectivity index (χ0n) is 8.34. The van der Waals surface area contributed by atoms with E-state index in [1.807, 2.05) is 24.4 Å². The average molecular weight is 233 g/mol. The molecule has 0 saturated heterocycles. The third-order valence-electron chi connectivity index (χ3n) is 2.09. The van der Waals surface area contributed by atoms with Crippen molar-refractivity contribution in [3.8, 4) is 22.3 Å². The average Bonchev–Trinajstić information content (AvgIpc) is 2.96. The van der Waals surface area contributed by atoms with Crippen LogP contribution in [0, 0.1) is 6.92 Å². The Morgan fingerprint density at radius 2 is 2.31 bits per heavy atom. The van der Waals surface area contributed by atoms with Crippen LogP contribution in [0.5, 0.6) is 0 Å². The number of rotatable bonds is 2. The van der Waals surface area contributed by atoms with E-state index in [1.54, 1.807) is 11.3 Å². The highest BCUT2D eigenvalue weighted by atomic mass is 32.1. The summed E-state index contributed by atoms with van der Waals surface area (Å²) < 4.78 is 5.14. The second-order valence-corrected chi connectivity index (χ2v) is 4.11. The van der Waals surface area contributed by atoms with E-state index < -0.39 is 0 Å². The largest absolute Gasteiger partial charge is 0.332 e. The number of aromatic nitrogens is 5. The molecule has 0 saturated carbocycles. The first-order chi connectivity index (χ1) is 7.84. The summed E-state index contributed by atoms with van der Waals surface area (Å²) in [6.45, 7) is 1.83. The molecule has 0 aliphatic carbocycles. The van der Waals surface area contributed by atoms with Gasteiger partial charge in [-0.3, -0.25) is 0 Å². The van der Waals surface area contributed by atoms with Gasteiger partial charge in [-0.25, -0.2) is 0 Å². The van der Waals surface area contributed by atoms with Crippen LogP contribution < -0.4 is 0 Å². The Balaban J connectivity index is 2.03. The minimum absolute atomic E-state index is 0.384. The predicted octanol–water partition coefficient (Wildman–Crippen LogP) is 1.89. The molecule has 1 N–H and O–H groups in total. The van der Waals surface area contributed by atoms with E-state index in [2.05, 4.69) is 25.6 Å². The first kappa shape index (κ1) is 9.22. The molecule has 0 atom stereocenters. The number of hydrogen-bond donors (Lipinski definition) is 1. The number of nitrogens with zero attached hydrogens (tertiary/aromatic N) is 4. The molecule has 0 unspecified atom stereocenters. The summed E-state index contributed by atoms with van der Waals surface area (Å²) in [4.78, 5) is 5.23. The van der Waals surface area contributed by atoms with E-state index in [0.29, 0.717) is 17.4 Å². The van der Waals surface area contributed by atoms with Crippen LogP contribution in [0.4, 0.5) is 0 Å². The van der Waals surface area contributed by atoms with Crippen LogP contribution in [0.3, 0.4) is 0 Å². The fourth-order valence-corrected chi connectivity index (χ4v) is 1.96. The molecule has 0 spiro atoms. The molecule has 3 rings (SSSR count). The van der Waals surface area contributed by atoms with Crippen LogP contribution in [0.2, 0.25) is 0 Å². The molecule has 0 aromatic carbocycles. The van der Waals surface area contributed by atoms with Crippen LogP contribution in [-0.4, -0.2) is 25.6 Å². The van der Waals surface area contributed by atoms with Gasteiger partial charge in [-0.15, -0.1) is 11.3 Å². The Labute approximate surface area is 94.3 Å². The van der Waals surface area contributed by atoms with Gasteiger partial charge in [-0.05, 0) is 18.4 Å². The topological polar surface area (TPSA) is 80.5 Å². The van der Waals surface area contributed by atoms with Crippen LogP contribution in [0.1, 0.15) is 5.69 Å². The second kappa shape index (κ2) is 3.53. The van der Waals surface area contributed by atoms with Crippen molar-refractivity contribution in [2.75, 3.05) is 0 Å². The van der Waals surface area contributed by atoms with Gasteiger partial charge in [0.1, 0.15) is 0 Å². The van der Waals surface area contributed by atoms with Gasteiger partial charge in [0.25, 0.3) is 5.89 Å². The van der Waals surface area contributed by atoms with Crippen LogP contribution in [0.15, 0.2) is 22.0 Å². The van der Waals surface area contributed by atoms with E-state index in [9.17, 15) is 0 Å². The highest BCUT2D eigenvalue weighted by Gasteiger charge is 2.15. The zero-order chi connectivity index (χ0) is 11.0. The van der Waals surface area contributed by atoms with Crippen molar-refractivity contribution < 1.29 is 4.52 Å². The molecule has 0 bridgehead atoms. The fourth-order valence-electron chi connectivity index (χ4n) is 1.31. The van der Waals surface area contributed by atoms with E-state index in [4.69, 9.17) is 4.52 Å². The third kappa shape index (κ3) is 1.41. The molecule has 0 aliphatic heterocycles. The van der Waals surface area contributed by atoms with Crippen molar-refractivity contribution in [3.63, 3.8) is 0 Å². The molecular weight excluding hydrogens is 226 g/mol. The van der Waals surface area contributed by atoms with E-state index in [1.165, 1.54) is 0 Å². The molecule has 6 nitrogen and oxygen atoms in total. The molecule has 3 heterocycles. The van der Waals surface area contributed by atoms with Gasteiger partial charge in [-0.1, -0.05) is 11.2 Å². The van der Waals surface area contributed by atoms with Crippen molar-refractivity contribution >= 4 is 11.3 Å². The number of H-pyrrole nitrogens is 1. The summed E-state index contributed by atoms with van der Waals surface area (Å²) in [7, 11) is 0. The molecule has 0 fully saturated rings. The molecule has 0 radical (unpaired) electrons. The molecule has 80 valence electrons.